The molecule has 1 atom stereocenters. The third-order valence-electron chi connectivity index (χ3n) is 6.18. The predicted octanol–water partition coefficient (Wildman–Crippen LogP) is 4.89. The van der Waals surface area contributed by atoms with Crippen LogP contribution in [0.15, 0.2) is 24.3 Å². The molecular formula is C24H32N2O3. The number of rotatable bonds is 7. The lowest BCUT2D eigenvalue weighted by molar-refractivity contribution is 0.0426. The molecule has 0 saturated carbocycles. The van der Waals surface area contributed by atoms with Gasteiger partial charge in [0.25, 0.3) is 0 Å². The maximum absolute atomic E-state index is 12.9. The van der Waals surface area contributed by atoms with Crippen molar-refractivity contribution in [2.24, 2.45) is 5.92 Å². The number of H-pyrrole nitrogens is 1. The number of carbonyl (C=O) groups is 2. The molecule has 0 bridgehead atoms. The lowest BCUT2D eigenvalue weighted by Gasteiger charge is -2.23. The molecule has 0 fully saturated rings. The second-order valence-electron chi connectivity index (χ2n) is 8.27. The third kappa shape index (κ3) is 4.39. The van der Waals surface area contributed by atoms with Crippen LogP contribution in [0.2, 0.25) is 0 Å². The number of carbonyl (C=O) groups excluding carboxylic acids is 2. The van der Waals surface area contributed by atoms with Crippen molar-refractivity contribution in [3.8, 4) is 0 Å². The highest BCUT2D eigenvalue weighted by Crippen LogP contribution is 2.35. The second kappa shape index (κ2) is 8.85. The van der Waals surface area contributed by atoms with Gasteiger partial charge in [-0.3, -0.25) is 4.79 Å². The number of aromatic nitrogens is 1. The van der Waals surface area contributed by atoms with Crippen molar-refractivity contribution < 1.29 is 14.3 Å². The molecule has 5 heteroatoms. The molecule has 0 radical (unpaired) electrons. The van der Waals surface area contributed by atoms with E-state index in [-0.39, 0.29) is 17.7 Å². The number of aromatic amines is 1. The molecule has 29 heavy (non-hydrogen) atoms. The van der Waals surface area contributed by atoms with Crippen LogP contribution in [0.1, 0.15) is 76.7 Å². The van der Waals surface area contributed by atoms with Crippen molar-refractivity contribution in [3.63, 3.8) is 0 Å². The number of esters is 1. The highest BCUT2D eigenvalue weighted by Gasteiger charge is 2.32. The van der Waals surface area contributed by atoms with Gasteiger partial charge >= 0.3 is 5.97 Å². The molecule has 1 N–H and O–H groups in total. The van der Waals surface area contributed by atoms with E-state index in [1.54, 1.807) is 0 Å². The second-order valence-corrected chi connectivity index (χ2v) is 8.27. The summed E-state index contributed by atoms with van der Waals surface area (Å²) in [5.74, 6) is 0.238. The molecule has 1 aliphatic carbocycles. The Morgan fingerprint density at radius 3 is 2.41 bits per heavy atom. The Morgan fingerprint density at radius 2 is 1.83 bits per heavy atom. The number of hydrogen-bond donors (Lipinski definition) is 1. The first kappa shape index (κ1) is 21.2. The molecule has 0 unspecified atom stereocenters. The van der Waals surface area contributed by atoms with E-state index in [9.17, 15) is 9.59 Å². The van der Waals surface area contributed by atoms with Crippen LogP contribution >= 0.6 is 0 Å². The molecule has 5 nitrogen and oxygen atoms in total. The first-order chi connectivity index (χ1) is 13.8. The summed E-state index contributed by atoms with van der Waals surface area (Å²) < 4.78 is 5.53. The van der Waals surface area contributed by atoms with Crippen molar-refractivity contribution in [2.45, 2.75) is 52.4 Å². The predicted molar refractivity (Wildman–Crippen MR) is 116 cm³/mol. The minimum atomic E-state index is -0.358. The number of Topliss-reactive ketones (excluding diaryl/α,β-unsaturated/α-hetero) is 1. The van der Waals surface area contributed by atoms with Gasteiger partial charge in [0.15, 0.2) is 5.78 Å². The van der Waals surface area contributed by atoms with Gasteiger partial charge in [0.2, 0.25) is 0 Å². The van der Waals surface area contributed by atoms with Gasteiger partial charge in [0, 0.05) is 37.5 Å². The van der Waals surface area contributed by atoms with Crippen molar-refractivity contribution in [2.75, 3.05) is 25.6 Å². The van der Waals surface area contributed by atoms with E-state index in [0.717, 1.165) is 41.8 Å². The van der Waals surface area contributed by atoms with E-state index in [2.05, 4.69) is 48.0 Å². The van der Waals surface area contributed by atoms with Crippen LogP contribution in [-0.4, -0.2) is 37.4 Å². The number of benzene rings is 1. The Labute approximate surface area is 173 Å². The van der Waals surface area contributed by atoms with E-state index in [1.165, 1.54) is 0 Å². The summed E-state index contributed by atoms with van der Waals surface area (Å²) in [6.45, 7) is 6.46. The third-order valence-corrected chi connectivity index (χ3v) is 6.18. The minimum Gasteiger partial charge on any atom is -0.461 e. The largest absolute Gasteiger partial charge is 0.461 e. The molecule has 0 saturated heterocycles. The van der Waals surface area contributed by atoms with E-state index < -0.39 is 0 Å². The minimum absolute atomic E-state index is 0.0979. The summed E-state index contributed by atoms with van der Waals surface area (Å²) in [6, 6.07) is 8.35. The Balaban J connectivity index is 1.79. The van der Waals surface area contributed by atoms with Crippen LogP contribution in [0.4, 0.5) is 5.69 Å². The SMILES string of the molecule is CCC(CC)COC(=O)c1[nH]c2c(c1C)C(=O)C[C@H](c1ccc(N(C)C)cc1)C2. The van der Waals surface area contributed by atoms with Crippen molar-refractivity contribution in [1.29, 1.82) is 0 Å². The molecule has 0 aliphatic heterocycles. The average molecular weight is 397 g/mol. The number of ketones is 1. The Hall–Kier alpha value is -2.56. The fourth-order valence-electron chi connectivity index (χ4n) is 4.11. The van der Waals surface area contributed by atoms with E-state index >= 15 is 0 Å². The van der Waals surface area contributed by atoms with Crippen LogP contribution in [0.25, 0.3) is 0 Å². The summed E-state index contributed by atoms with van der Waals surface area (Å²) in [5.41, 5.74) is 4.98. The highest BCUT2D eigenvalue weighted by molar-refractivity contribution is 6.03. The molecule has 0 spiro atoms. The molecule has 3 rings (SSSR count). The first-order valence-electron chi connectivity index (χ1n) is 10.5. The van der Waals surface area contributed by atoms with Crippen molar-refractivity contribution in [3.05, 3.63) is 52.3 Å². The van der Waals surface area contributed by atoms with Crippen LogP contribution in [0, 0.1) is 12.8 Å². The fraction of sp³-hybridized carbons (Fsp3) is 0.500. The number of anilines is 1. The zero-order valence-corrected chi connectivity index (χ0v) is 18.2. The van der Waals surface area contributed by atoms with Gasteiger partial charge in [-0.25, -0.2) is 4.79 Å². The molecule has 2 aromatic rings. The zero-order valence-electron chi connectivity index (χ0n) is 18.2. The molecule has 1 aromatic heterocycles. The maximum Gasteiger partial charge on any atom is 0.355 e. The van der Waals surface area contributed by atoms with Crippen LogP contribution in [0.5, 0.6) is 0 Å². The molecular weight excluding hydrogens is 364 g/mol. The zero-order chi connectivity index (χ0) is 21.1. The Kier molecular flexibility index (Phi) is 6.46. The van der Waals surface area contributed by atoms with Gasteiger partial charge in [0.05, 0.1) is 6.61 Å². The van der Waals surface area contributed by atoms with Crippen molar-refractivity contribution in [1.82, 2.24) is 4.98 Å². The molecule has 1 aliphatic rings. The van der Waals surface area contributed by atoms with Gasteiger partial charge < -0.3 is 14.6 Å². The quantitative estimate of drug-likeness (QED) is 0.677. The number of nitrogens with one attached hydrogen (secondary N) is 1. The number of hydrogen-bond acceptors (Lipinski definition) is 4. The molecule has 1 heterocycles. The fourth-order valence-corrected chi connectivity index (χ4v) is 4.11. The van der Waals surface area contributed by atoms with Gasteiger partial charge in [-0.05, 0) is 48.4 Å². The Bertz CT molecular complexity index is 876. The topological polar surface area (TPSA) is 62.4 Å². The summed E-state index contributed by atoms with van der Waals surface area (Å²) in [4.78, 5) is 30.8. The molecule has 1 aromatic carbocycles. The summed E-state index contributed by atoms with van der Waals surface area (Å²) >= 11 is 0. The smallest absolute Gasteiger partial charge is 0.355 e. The van der Waals surface area contributed by atoms with Crippen LogP contribution < -0.4 is 4.90 Å². The van der Waals surface area contributed by atoms with Gasteiger partial charge in [-0.2, -0.15) is 0 Å². The van der Waals surface area contributed by atoms with E-state index in [4.69, 9.17) is 4.74 Å². The average Bonchev–Trinajstić information content (AvgIpc) is 3.05. The monoisotopic (exact) mass is 396 g/mol. The molecule has 156 valence electrons. The summed E-state index contributed by atoms with van der Waals surface area (Å²) in [6.07, 6.45) is 3.16. The highest BCUT2D eigenvalue weighted by atomic mass is 16.5. The normalized spacial score (nSPS) is 16.1. The summed E-state index contributed by atoms with van der Waals surface area (Å²) in [5, 5.41) is 0. The number of ether oxygens (including phenoxy) is 1. The molecule has 0 amide bonds. The number of fused-ring (bicyclic) bond motifs is 1. The van der Waals surface area contributed by atoms with Gasteiger partial charge in [-0.15, -0.1) is 0 Å². The first-order valence-corrected chi connectivity index (χ1v) is 10.5. The van der Waals surface area contributed by atoms with Crippen LogP contribution in [-0.2, 0) is 11.2 Å². The van der Waals surface area contributed by atoms with Crippen LogP contribution in [0.3, 0.4) is 0 Å². The lowest BCUT2D eigenvalue weighted by Crippen LogP contribution is -2.18. The van der Waals surface area contributed by atoms with Gasteiger partial charge in [0.1, 0.15) is 5.69 Å². The van der Waals surface area contributed by atoms with E-state index in [1.807, 2.05) is 21.0 Å². The Morgan fingerprint density at radius 1 is 1.17 bits per heavy atom. The number of nitrogens with zero attached hydrogens (tertiary/aromatic N) is 1. The standard InChI is InChI=1S/C24H32N2O3/c1-6-16(7-2)14-29-24(28)23-15(3)22-20(25-23)12-18(13-21(22)27)17-8-10-19(11-9-17)26(4)5/h8-11,16,18,25H,6-7,12-14H2,1-5H3/t18-/m1/s1. The van der Waals surface area contributed by atoms with E-state index in [0.29, 0.717) is 30.2 Å². The maximum atomic E-state index is 12.9. The lowest BCUT2D eigenvalue weighted by atomic mass is 9.81. The summed E-state index contributed by atoms with van der Waals surface area (Å²) in [7, 11) is 4.02. The van der Waals surface area contributed by atoms with Crippen molar-refractivity contribution >= 4 is 17.4 Å². The van der Waals surface area contributed by atoms with Gasteiger partial charge in [-0.1, -0.05) is 38.8 Å².